The molecule has 0 aliphatic carbocycles. The van der Waals surface area contributed by atoms with Gasteiger partial charge in [-0.25, -0.2) is 4.39 Å². The molecule has 0 spiro atoms. The quantitative estimate of drug-likeness (QED) is 0.839. The fourth-order valence-electron chi connectivity index (χ4n) is 1.86. The molecular formula is C13H20ClFN2O. The Morgan fingerprint density at radius 1 is 1.44 bits per heavy atom. The van der Waals surface area contributed by atoms with Gasteiger partial charge in [0.25, 0.3) is 0 Å². The van der Waals surface area contributed by atoms with Crippen LogP contribution in [-0.4, -0.2) is 25.8 Å². The third-order valence-corrected chi connectivity index (χ3v) is 3.35. The fourth-order valence-corrected chi connectivity index (χ4v) is 2.09. The van der Waals surface area contributed by atoms with Crippen molar-refractivity contribution in [3.05, 3.63) is 29.0 Å². The van der Waals surface area contributed by atoms with E-state index in [1.807, 2.05) is 13.8 Å². The summed E-state index contributed by atoms with van der Waals surface area (Å²) in [6, 6.07) is 4.34. The maximum Gasteiger partial charge on any atom is 0.126 e. The highest BCUT2D eigenvalue weighted by molar-refractivity contribution is 6.30. The van der Waals surface area contributed by atoms with Crippen molar-refractivity contribution in [3.8, 4) is 0 Å². The van der Waals surface area contributed by atoms with Crippen LogP contribution in [0, 0.1) is 11.7 Å². The molecule has 0 heterocycles. The van der Waals surface area contributed by atoms with Crippen LogP contribution in [0.2, 0.25) is 5.02 Å². The maximum atomic E-state index is 13.3. The van der Waals surface area contributed by atoms with Crippen molar-refractivity contribution >= 4 is 17.3 Å². The number of benzene rings is 1. The van der Waals surface area contributed by atoms with Crippen LogP contribution in [0.15, 0.2) is 18.2 Å². The van der Waals surface area contributed by atoms with Crippen LogP contribution in [0.25, 0.3) is 0 Å². The van der Waals surface area contributed by atoms with Crippen LogP contribution in [0.5, 0.6) is 0 Å². The second kappa shape index (κ2) is 6.36. The van der Waals surface area contributed by atoms with Crippen molar-refractivity contribution in [2.45, 2.75) is 19.4 Å². The van der Waals surface area contributed by atoms with Gasteiger partial charge < -0.3 is 15.8 Å². The predicted molar refractivity (Wildman–Crippen MR) is 73.5 cm³/mol. The van der Waals surface area contributed by atoms with Crippen molar-refractivity contribution in [2.75, 3.05) is 25.6 Å². The standard InChI is InChI=1S/C13H20ClFN2O/c1-9(2)13(7-16,8-18-3)17-12-5-10(14)4-11(15)6-12/h4-6,9,17H,7-8,16H2,1-3H3. The van der Waals surface area contributed by atoms with E-state index in [4.69, 9.17) is 22.1 Å². The third-order valence-electron chi connectivity index (χ3n) is 3.13. The van der Waals surface area contributed by atoms with E-state index in [9.17, 15) is 4.39 Å². The number of nitrogens with two attached hydrogens (primary N) is 1. The average Bonchev–Trinajstić information content (AvgIpc) is 2.26. The lowest BCUT2D eigenvalue weighted by atomic mass is 9.86. The van der Waals surface area contributed by atoms with E-state index in [1.165, 1.54) is 12.1 Å². The summed E-state index contributed by atoms with van der Waals surface area (Å²) >= 11 is 5.84. The Labute approximate surface area is 112 Å². The van der Waals surface area contributed by atoms with Crippen LogP contribution < -0.4 is 11.1 Å². The minimum Gasteiger partial charge on any atom is -0.382 e. The lowest BCUT2D eigenvalue weighted by Crippen LogP contribution is -2.53. The number of halogens is 2. The number of nitrogens with one attached hydrogen (secondary N) is 1. The first kappa shape index (κ1) is 15.2. The van der Waals surface area contributed by atoms with Gasteiger partial charge in [-0.15, -0.1) is 0 Å². The first-order valence-corrected chi connectivity index (χ1v) is 6.24. The first-order chi connectivity index (χ1) is 8.43. The minimum atomic E-state index is -0.439. The summed E-state index contributed by atoms with van der Waals surface area (Å²) in [5.74, 6) is -0.151. The van der Waals surface area contributed by atoms with Gasteiger partial charge in [-0.3, -0.25) is 0 Å². The molecule has 1 atom stereocenters. The molecular weight excluding hydrogens is 255 g/mol. The van der Waals surface area contributed by atoms with E-state index in [0.717, 1.165) is 0 Å². The number of ether oxygens (including phenoxy) is 1. The van der Waals surface area contributed by atoms with Gasteiger partial charge in [0.1, 0.15) is 5.82 Å². The zero-order valence-corrected chi connectivity index (χ0v) is 11.7. The van der Waals surface area contributed by atoms with E-state index in [-0.39, 0.29) is 11.7 Å². The Kier molecular flexibility index (Phi) is 5.38. The summed E-state index contributed by atoms with van der Waals surface area (Å²) in [5, 5.41) is 3.60. The molecule has 0 aliphatic heterocycles. The molecule has 102 valence electrons. The minimum absolute atomic E-state index is 0.226. The third kappa shape index (κ3) is 3.57. The first-order valence-electron chi connectivity index (χ1n) is 5.87. The Balaban J connectivity index is 3.01. The van der Waals surface area contributed by atoms with Crippen LogP contribution >= 0.6 is 11.6 Å². The Hall–Kier alpha value is -0.840. The summed E-state index contributed by atoms with van der Waals surface area (Å²) in [7, 11) is 1.62. The highest BCUT2D eigenvalue weighted by Gasteiger charge is 2.32. The van der Waals surface area contributed by atoms with Crippen LogP contribution in [0.4, 0.5) is 10.1 Å². The predicted octanol–water partition coefficient (Wildman–Crippen LogP) is 2.89. The van der Waals surface area contributed by atoms with Gasteiger partial charge >= 0.3 is 0 Å². The monoisotopic (exact) mass is 274 g/mol. The Morgan fingerprint density at radius 2 is 2.11 bits per heavy atom. The van der Waals surface area contributed by atoms with Crippen molar-refractivity contribution in [1.82, 2.24) is 0 Å². The van der Waals surface area contributed by atoms with Crippen molar-refractivity contribution in [3.63, 3.8) is 0 Å². The molecule has 0 fully saturated rings. The Bertz CT molecular complexity index is 380. The number of rotatable bonds is 6. The molecule has 0 aromatic heterocycles. The molecule has 0 amide bonds. The Morgan fingerprint density at radius 3 is 2.56 bits per heavy atom. The molecule has 0 bridgehead atoms. The summed E-state index contributed by atoms with van der Waals surface area (Å²) < 4.78 is 18.5. The van der Waals surface area contributed by atoms with E-state index in [0.29, 0.717) is 23.9 Å². The van der Waals surface area contributed by atoms with Gasteiger partial charge in [-0.1, -0.05) is 25.4 Å². The molecule has 1 aromatic rings. The average molecular weight is 275 g/mol. The maximum absolute atomic E-state index is 13.3. The molecule has 0 saturated heterocycles. The summed E-state index contributed by atoms with van der Waals surface area (Å²) in [6.45, 7) is 4.90. The normalized spacial score (nSPS) is 14.6. The zero-order valence-electron chi connectivity index (χ0n) is 11.0. The van der Waals surface area contributed by atoms with Gasteiger partial charge in [-0.05, 0) is 24.1 Å². The molecule has 18 heavy (non-hydrogen) atoms. The summed E-state index contributed by atoms with van der Waals surface area (Å²) in [5.41, 5.74) is 6.02. The lowest BCUT2D eigenvalue weighted by molar-refractivity contribution is 0.121. The van der Waals surface area contributed by atoms with Gasteiger partial charge in [0, 0.05) is 24.4 Å². The topological polar surface area (TPSA) is 47.3 Å². The summed E-state index contributed by atoms with van der Waals surface area (Å²) in [4.78, 5) is 0. The number of anilines is 1. The second-order valence-electron chi connectivity index (χ2n) is 4.73. The van der Waals surface area contributed by atoms with Gasteiger partial charge in [0.15, 0.2) is 0 Å². The lowest BCUT2D eigenvalue weighted by Gasteiger charge is -2.37. The molecule has 1 rings (SSSR count). The number of hydrogen-bond donors (Lipinski definition) is 2. The zero-order chi connectivity index (χ0) is 13.8. The molecule has 3 nitrogen and oxygen atoms in total. The molecule has 0 radical (unpaired) electrons. The van der Waals surface area contributed by atoms with Crippen LogP contribution in [0.3, 0.4) is 0 Å². The van der Waals surface area contributed by atoms with Crippen LogP contribution in [0.1, 0.15) is 13.8 Å². The molecule has 0 aliphatic rings. The second-order valence-corrected chi connectivity index (χ2v) is 5.17. The van der Waals surface area contributed by atoms with Crippen LogP contribution in [-0.2, 0) is 4.74 Å². The van der Waals surface area contributed by atoms with E-state index < -0.39 is 5.54 Å². The fraction of sp³-hybridized carbons (Fsp3) is 0.538. The van der Waals surface area contributed by atoms with Gasteiger partial charge in [0.05, 0.1) is 12.1 Å². The molecule has 3 N–H and O–H groups in total. The van der Waals surface area contributed by atoms with E-state index in [1.54, 1.807) is 13.2 Å². The smallest absolute Gasteiger partial charge is 0.126 e. The highest BCUT2D eigenvalue weighted by atomic mass is 35.5. The van der Waals surface area contributed by atoms with Crippen molar-refractivity contribution in [1.29, 1.82) is 0 Å². The molecule has 1 aromatic carbocycles. The molecule has 5 heteroatoms. The summed E-state index contributed by atoms with van der Waals surface area (Å²) in [6.07, 6.45) is 0. The van der Waals surface area contributed by atoms with Gasteiger partial charge in [-0.2, -0.15) is 0 Å². The van der Waals surface area contributed by atoms with Gasteiger partial charge in [0.2, 0.25) is 0 Å². The number of hydrogen-bond acceptors (Lipinski definition) is 3. The SMILES string of the molecule is COCC(CN)(Nc1cc(F)cc(Cl)c1)C(C)C. The van der Waals surface area contributed by atoms with Crippen molar-refractivity contribution < 1.29 is 9.13 Å². The largest absolute Gasteiger partial charge is 0.382 e. The van der Waals surface area contributed by atoms with E-state index >= 15 is 0 Å². The van der Waals surface area contributed by atoms with Crippen molar-refractivity contribution in [2.24, 2.45) is 11.7 Å². The number of methoxy groups -OCH3 is 1. The highest BCUT2D eigenvalue weighted by Crippen LogP contribution is 2.26. The molecule has 1 unspecified atom stereocenters. The van der Waals surface area contributed by atoms with E-state index in [2.05, 4.69) is 5.32 Å². The molecule has 0 saturated carbocycles.